The molecule has 0 radical (unpaired) electrons. The topological polar surface area (TPSA) is 66.9 Å². The van der Waals surface area contributed by atoms with Crippen molar-refractivity contribution in [3.05, 3.63) is 108 Å². The number of amides is 1. The SMILES string of the molecule is O=C(Cc1ccccc1)Nc1cnc(-c2ccccc2)nc1NCc1ccccc1. The molecule has 4 rings (SSSR count). The molecular weight excluding hydrogens is 372 g/mol. The monoisotopic (exact) mass is 394 g/mol. The number of nitrogens with zero attached hydrogens (tertiary/aromatic N) is 2. The lowest BCUT2D eigenvalue weighted by molar-refractivity contribution is -0.115. The molecule has 1 aromatic heterocycles. The molecule has 3 aromatic carbocycles. The maximum absolute atomic E-state index is 12.6. The van der Waals surface area contributed by atoms with Gasteiger partial charge in [0.1, 0.15) is 5.69 Å². The number of anilines is 2. The van der Waals surface area contributed by atoms with Crippen LogP contribution < -0.4 is 10.6 Å². The highest BCUT2D eigenvalue weighted by molar-refractivity contribution is 5.94. The lowest BCUT2D eigenvalue weighted by Gasteiger charge is -2.13. The summed E-state index contributed by atoms with van der Waals surface area (Å²) in [5.74, 6) is 1.08. The molecule has 0 fully saturated rings. The second-order valence-corrected chi connectivity index (χ2v) is 6.87. The molecule has 0 aliphatic heterocycles. The van der Waals surface area contributed by atoms with E-state index in [-0.39, 0.29) is 5.91 Å². The molecule has 0 bridgehead atoms. The van der Waals surface area contributed by atoms with Crippen molar-refractivity contribution in [1.29, 1.82) is 0 Å². The summed E-state index contributed by atoms with van der Waals surface area (Å²) in [5, 5.41) is 6.29. The Bertz CT molecular complexity index is 1100. The van der Waals surface area contributed by atoms with Crippen LogP contribution in [-0.2, 0) is 17.8 Å². The van der Waals surface area contributed by atoms with Crippen LogP contribution in [0.5, 0.6) is 0 Å². The van der Waals surface area contributed by atoms with Gasteiger partial charge in [-0.05, 0) is 11.1 Å². The Morgan fingerprint density at radius 2 is 1.37 bits per heavy atom. The van der Waals surface area contributed by atoms with Crippen LogP contribution in [0.25, 0.3) is 11.4 Å². The highest BCUT2D eigenvalue weighted by Gasteiger charge is 2.12. The van der Waals surface area contributed by atoms with Gasteiger partial charge in [0.2, 0.25) is 5.91 Å². The van der Waals surface area contributed by atoms with Gasteiger partial charge in [-0.2, -0.15) is 0 Å². The maximum Gasteiger partial charge on any atom is 0.228 e. The summed E-state index contributed by atoms with van der Waals surface area (Å²) in [6.45, 7) is 0.591. The highest BCUT2D eigenvalue weighted by Crippen LogP contribution is 2.24. The van der Waals surface area contributed by atoms with E-state index in [4.69, 9.17) is 0 Å². The van der Waals surface area contributed by atoms with Crippen LogP contribution in [0.3, 0.4) is 0 Å². The molecule has 1 heterocycles. The molecule has 0 saturated carbocycles. The fourth-order valence-corrected chi connectivity index (χ4v) is 3.09. The third-order valence-corrected chi connectivity index (χ3v) is 4.61. The summed E-state index contributed by atoms with van der Waals surface area (Å²) >= 11 is 0. The van der Waals surface area contributed by atoms with Gasteiger partial charge in [0.25, 0.3) is 0 Å². The molecule has 148 valence electrons. The quantitative estimate of drug-likeness (QED) is 0.466. The third kappa shape index (κ3) is 5.08. The van der Waals surface area contributed by atoms with Crippen molar-refractivity contribution >= 4 is 17.4 Å². The molecule has 5 heteroatoms. The van der Waals surface area contributed by atoms with Crippen molar-refractivity contribution in [2.24, 2.45) is 0 Å². The van der Waals surface area contributed by atoms with Crippen LogP contribution in [0.4, 0.5) is 11.5 Å². The van der Waals surface area contributed by atoms with Crippen molar-refractivity contribution < 1.29 is 4.79 Å². The molecule has 0 saturated heterocycles. The van der Waals surface area contributed by atoms with Crippen LogP contribution >= 0.6 is 0 Å². The number of aromatic nitrogens is 2. The van der Waals surface area contributed by atoms with Gasteiger partial charge in [0, 0.05) is 12.1 Å². The lowest BCUT2D eigenvalue weighted by atomic mass is 10.1. The average Bonchev–Trinajstić information content (AvgIpc) is 2.80. The van der Waals surface area contributed by atoms with Gasteiger partial charge in [-0.3, -0.25) is 4.79 Å². The van der Waals surface area contributed by atoms with Crippen molar-refractivity contribution in [2.75, 3.05) is 10.6 Å². The van der Waals surface area contributed by atoms with Crippen LogP contribution in [-0.4, -0.2) is 15.9 Å². The Morgan fingerprint density at radius 1 is 0.767 bits per heavy atom. The first kappa shape index (κ1) is 19.3. The standard InChI is InChI=1S/C25H22N4O/c30-23(16-19-10-4-1-5-11-19)28-22-18-27-24(21-14-8-3-9-15-21)29-25(22)26-17-20-12-6-2-7-13-20/h1-15,18H,16-17H2,(H,28,30)(H,26,27,29). The smallest absolute Gasteiger partial charge is 0.228 e. The van der Waals surface area contributed by atoms with Crippen LogP contribution in [0.15, 0.2) is 97.2 Å². The van der Waals surface area contributed by atoms with Gasteiger partial charge >= 0.3 is 0 Å². The average molecular weight is 394 g/mol. The first-order valence-electron chi connectivity index (χ1n) is 9.82. The normalized spacial score (nSPS) is 10.4. The number of carbonyl (C=O) groups excluding carboxylic acids is 1. The van der Waals surface area contributed by atoms with Crippen molar-refractivity contribution in [3.8, 4) is 11.4 Å². The van der Waals surface area contributed by atoms with E-state index in [2.05, 4.69) is 20.6 Å². The summed E-state index contributed by atoms with van der Waals surface area (Å²) in [7, 11) is 0. The molecule has 1 amide bonds. The van der Waals surface area contributed by atoms with E-state index in [9.17, 15) is 4.79 Å². The Kier molecular flexibility index (Phi) is 6.11. The second kappa shape index (κ2) is 9.47. The predicted molar refractivity (Wildman–Crippen MR) is 120 cm³/mol. The molecule has 5 nitrogen and oxygen atoms in total. The van der Waals surface area contributed by atoms with Gasteiger partial charge < -0.3 is 10.6 Å². The Balaban J connectivity index is 1.57. The van der Waals surface area contributed by atoms with Crippen molar-refractivity contribution in [1.82, 2.24) is 9.97 Å². The molecule has 4 aromatic rings. The van der Waals surface area contributed by atoms with Gasteiger partial charge in [-0.25, -0.2) is 9.97 Å². The summed E-state index contributed by atoms with van der Waals surface area (Å²) in [5.41, 5.74) is 3.56. The minimum atomic E-state index is -0.111. The number of carbonyl (C=O) groups is 1. The predicted octanol–water partition coefficient (Wildman–Crippen LogP) is 4.94. The molecule has 2 N–H and O–H groups in total. The Morgan fingerprint density at radius 3 is 2.03 bits per heavy atom. The molecule has 0 atom stereocenters. The first-order valence-corrected chi connectivity index (χ1v) is 9.82. The maximum atomic E-state index is 12.6. The number of rotatable bonds is 7. The highest BCUT2D eigenvalue weighted by atomic mass is 16.1. The van der Waals surface area contributed by atoms with Gasteiger partial charge in [0.15, 0.2) is 11.6 Å². The van der Waals surface area contributed by atoms with E-state index in [0.717, 1.165) is 16.7 Å². The molecular formula is C25H22N4O. The lowest BCUT2D eigenvalue weighted by Crippen LogP contribution is -2.17. The summed E-state index contributed by atoms with van der Waals surface area (Å²) in [6.07, 6.45) is 1.95. The van der Waals surface area contributed by atoms with E-state index >= 15 is 0 Å². The first-order chi connectivity index (χ1) is 14.8. The largest absolute Gasteiger partial charge is 0.364 e. The van der Waals surface area contributed by atoms with Crippen molar-refractivity contribution in [2.45, 2.75) is 13.0 Å². The minimum absolute atomic E-state index is 0.111. The number of hydrogen-bond donors (Lipinski definition) is 2. The van der Waals surface area contributed by atoms with Crippen LogP contribution in [0.2, 0.25) is 0 Å². The summed E-state index contributed by atoms with van der Waals surface area (Å²) in [4.78, 5) is 21.7. The Labute approximate surface area is 175 Å². The molecule has 0 aliphatic carbocycles. The fraction of sp³-hybridized carbons (Fsp3) is 0.0800. The van der Waals surface area contributed by atoms with Crippen LogP contribution in [0.1, 0.15) is 11.1 Å². The van der Waals surface area contributed by atoms with Crippen molar-refractivity contribution in [3.63, 3.8) is 0 Å². The van der Waals surface area contributed by atoms with E-state index in [0.29, 0.717) is 30.3 Å². The second-order valence-electron chi connectivity index (χ2n) is 6.87. The van der Waals surface area contributed by atoms with E-state index in [1.807, 2.05) is 91.0 Å². The zero-order valence-electron chi connectivity index (χ0n) is 16.5. The molecule has 0 unspecified atom stereocenters. The molecule has 0 aliphatic rings. The molecule has 30 heavy (non-hydrogen) atoms. The molecule has 0 spiro atoms. The van der Waals surface area contributed by atoms with Gasteiger partial charge in [0.05, 0.1) is 12.6 Å². The van der Waals surface area contributed by atoms with Crippen LogP contribution in [0, 0.1) is 0 Å². The van der Waals surface area contributed by atoms with E-state index < -0.39 is 0 Å². The number of nitrogens with one attached hydrogen (secondary N) is 2. The van der Waals surface area contributed by atoms with E-state index in [1.54, 1.807) is 6.20 Å². The summed E-state index contributed by atoms with van der Waals surface area (Å²) < 4.78 is 0. The van der Waals surface area contributed by atoms with E-state index in [1.165, 1.54) is 0 Å². The minimum Gasteiger partial charge on any atom is -0.364 e. The third-order valence-electron chi connectivity index (χ3n) is 4.61. The number of hydrogen-bond acceptors (Lipinski definition) is 4. The zero-order chi connectivity index (χ0) is 20.6. The fourth-order valence-electron chi connectivity index (χ4n) is 3.09. The number of benzene rings is 3. The van der Waals surface area contributed by atoms with Gasteiger partial charge in [-0.15, -0.1) is 0 Å². The Hall–Kier alpha value is -3.99. The zero-order valence-corrected chi connectivity index (χ0v) is 16.5. The summed E-state index contributed by atoms with van der Waals surface area (Å²) in [6, 6.07) is 29.5. The van der Waals surface area contributed by atoms with Gasteiger partial charge in [-0.1, -0.05) is 91.0 Å².